The van der Waals surface area contributed by atoms with Gasteiger partial charge in [0.25, 0.3) is 11.8 Å². The highest BCUT2D eigenvalue weighted by Crippen LogP contribution is 2.17. The van der Waals surface area contributed by atoms with Crippen LogP contribution in [0.4, 0.5) is 11.4 Å². The summed E-state index contributed by atoms with van der Waals surface area (Å²) < 4.78 is 5.38. The molecule has 2 aromatic carbocycles. The second kappa shape index (κ2) is 9.42. The van der Waals surface area contributed by atoms with Crippen LogP contribution in [0.15, 0.2) is 60.2 Å². The number of carbonyl (C=O) groups excluding carboxylic acids is 2. The van der Waals surface area contributed by atoms with Crippen LogP contribution >= 0.6 is 0 Å². The average Bonchev–Trinajstić information content (AvgIpc) is 2.64. The fourth-order valence-electron chi connectivity index (χ4n) is 2.34. The molecule has 2 rings (SSSR count). The van der Waals surface area contributed by atoms with Gasteiger partial charge < -0.3 is 15.4 Å². The van der Waals surface area contributed by atoms with Crippen LogP contribution in [0.3, 0.4) is 0 Å². The van der Waals surface area contributed by atoms with Crippen molar-refractivity contribution < 1.29 is 14.3 Å². The van der Waals surface area contributed by atoms with Crippen molar-refractivity contribution in [3.63, 3.8) is 0 Å². The molecule has 136 valence electrons. The quantitative estimate of drug-likeness (QED) is 0.714. The lowest BCUT2D eigenvalue weighted by atomic mass is 10.1. The zero-order valence-electron chi connectivity index (χ0n) is 15.3. The molecule has 0 aliphatic carbocycles. The van der Waals surface area contributed by atoms with Gasteiger partial charge in [-0.15, -0.1) is 0 Å². The van der Waals surface area contributed by atoms with Crippen LogP contribution in [0.5, 0.6) is 5.75 Å². The molecule has 2 N–H and O–H groups in total. The Kier molecular flexibility index (Phi) is 6.97. The van der Waals surface area contributed by atoms with E-state index in [2.05, 4.69) is 10.6 Å². The van der Waals surface area contributed by atoms with Gasteiger partial charge in [-0.3, -0.25) is 9.59 Å². The van der Waals surface area contributed by atoms with E-state index in [9.17, 15) is 9.59 Å². The first kappa shape index (κ1) is 19.2. The van der Waals surface area contributed by atoms with Gasteiger partial charge in [-0.1, -0.05) is 13.0 Å². The second-order valence-electron chi connectivity index (χ2n) is 5.74. The molecule has 0 aromatic heterocycles. The molecule has 26 heavy (non-hydrogen) atoms. The number of hydrogen-bond donors (Lipinski definition) is 2. The molecule has 0 aliphatic heterocycles. The Morgan fingerprint density at radius 1 is 0.923 bits per heavy atom. The van der Waals surface area contributed by atoms with Crippen molar-refractivity contribution in [2.24, 2.45) is 0 Å². The first-order valence-electron chi connectivity index (χ1n) is 8.65. The van der Waals surface area contributed by atoms with E-state index in [1.807, 2.05) is 32.1 Å². The highest BCUT2D eigenvalue weighted by molar-refractivity contribution is 6.05. The molecular formula is C21H24N2O3. The van der Waals surface area contributed by atoms with E-state index in [1.54, 1.807) is 43.3 Å². The standard InChI is InChI=1S/C21H24N2O3/c1-4-6-15(3)20(24)22-17-9-7-16(8-10-17)21(25)23-18-11-13-19(14-12-18)26-5-2/h6-14H,4-5H2,1-3H3,(H,22,24)(H,23,25)/b15-6+. The van der Waals surface area contributed by atoms with Gasteiger partial charge in [0.2, 0.25) is 0 Å². The van der Waals surface area contributed by atoms with Crippen molar-refractivity contribution in [3.8, 4) is 5.75 Å². The molecule has 0 radical (unpaired) electrons. The molecule has 5 heteroatoms. The highest BCUT2D eigenvalue weighted by Gasteiger charge is 2.08. The van der Waals surface area contributed by atoms with Crippen molar-refractivity contribution in [2.45, 2.75) is 27.2 Å². The summed E-state index contributed by atoms with van der Waals surface area (Å²) in [7, 11) is 0. The predicted molar refractivity (Wildman–Crippen MR) is 105 cm³/mol. The van der Waals surface area contributed by atoms with E-state index in [0.29, 0.717) is 29.1 Å². The van der Waals surface area contributed by atoms with Gasteiger partial charge in [-0.2, -0.15) is 0 Å². The fourth-order valence-corrected chi connectivity index (χ4v) is 2.34. The van der Waals surface area contributed by atoms with Crippen molar-refractivity contribution >= 4 is 23.2 Å². The van der Waals surface area contributed by atoms with Gasteiger partial charge in [0.1, 0.15) is 5.75 Å². The van der Waals surface area contributed by atoms with Crippen LogP contribution in [0.2, 0.25) is 0 Å². The number of allylic oxidation sites excluding steroid dienone is 1. The highest BCUT2D eigenvalue weighted by atomic mass is 16.5. The Morgan fingerprint density at radius 3 is 2.08 bits per heavy atom. The number of benzene rings is 2. The summed E-state index contributed by atoms with van der Waals surface area (Å²) in [5.41, 5.74) is 2.52. The number of nitrogens with one attached hydrogen (secondary N) is 2. The van der Waals surface area contributed by atoms with Crippen LogP contribution in [-0.4, -0.2) is 18.4 Å². The lowest BCUT2D eigenvalue weighted by Gasteiger charge is -2.09. The summed E-state index contributed by atoms with van der Waals surface area (Å²) in [6, 6.07) is 14.0. The Hall–Kier alpha value is -3.08. The van der Waals surface area contributed by atoms with Gasteiger partial charge in [0, 0.05) is 22.5 Å². The number of ether oxygens (including phenoxy) is 1. The Morgan fingerprint density at radius 2 is 1.50 bits per heavy atom. The van der Waals surface area contributed by atoms with Crippen molar-refractivity contribution in [1.29, 1.82) is 0 Å². The largest absolute Gasteiger partial charge is 0.494 e. The molecule has 2 aromatic rings. The van der Waals surface area contributed by atoms with Crippen LogP contribution < -0.4 is 15.4 Å². The normalized spacial score (nSPS) is 11.0. The minimum absolute atomic E-state index is 0.140. The topological polar surface area (TPSA) is 67.4 Å². The maximum absolute atomic E-state index is 12.3. The number of anilines is 2. The SMILES string of the molecule is CC/C=C(\C)C(=O)Nc1ccc(C(=O)Nc2ccc(OCC)cc2)cc1. The number of carbonyl (C=O) groups is 2. The van der Waals surface area contributed by atoms with Gasteiger partial charge >= 0.3 is 0 Å². The summed E-state index contributed by atoms with van der Waals surface area (Å²) >= 11 is 0. The van der Waals surface area contributed by atoms with E-state index in [0.717, 1.165) is 12.2 Å². The summed E-state index contributed by atoms with van der Waals surface area (Å²) in [5.74, 6) is 0.408. The molecule has 0 unspecified atom stereocenters. The van der Waals surface area contributed by atoms with E-state index in [4.69, 9.17) is 4.74 Å². The lowest BCUT2D eigenvalue weighted by Crippen LogP contribution is -2.14. The smallest absolute Gasteiger partial charge is 0.255 e. The molecule has 0 spiro atoms. The maximum atomic E-state index is 12.3. The average molecular weight is 352 g/mol. The number of hydrogen-bond acceptors (Lipinski definition) is 3. The molecule has 0 saturated carbocycles. The van der Waals surface area contributed by atoms with Crippen LogP contribution in [-0.2, 0) is 4.79 Å². The minimum atomic E-state index is -0.214. The van der Waals surface area contributed by atoms with Crippen molar-refractivity contribution in [3.05, 3.63) is 65.7 Å². The molecular weight excluding hydrogens is 328 g/mol. The van der Waals surface area contributed by atoms with Crippen molar-refractivity contribution in [1.82, 2.24) is 0 Å². The first-order valence-corrected chi connectivity index (χ1v) is 8.65. The zero-order chi connectivity index (χ0) is 18.9. The Bertz CT molecular complexity index is 778. The Balaban J connectivity index is 1.97. The maximum Gasteiger partial charge on any atom is 0.255 e. The minimum Gasteiger partial charge on any atom is -0.494 e. The predicted octanol–water partition coefficient (Wildman–Crippen LogP) is 4.63. The molecule has 0 heterocycles. The third-order valence-electron chi connectivity index (χ3n) is 3.70. The van der Waals surface area contributed by atoms with Crippen LogP contribution in [0, 0.1) is 0 Å². The van der Waals surface area contributed by atoms with E-state index in [-0.39, 0.29) is 11.8 Å². The monoisotopic (exact) mass is 352 g/mol. The number of amides is 2. The molecule has 0 fully saturated rings. The third kappa shape index (κ3) is 5.48. The van der Waals surface area contributed by atoms with E-state index >= 15 is 0 Å². The first-order chi connectivity index (χ1) is 12.5. The number of rotatable bonds is 7. The van der Waals surface area contributed by atoms with Crippen LogP contribution in [0.1, 0.15) is 37.6 Å². The summed E-state index contributed by atoms with van der Waals surface area (Å²) in [6.45, 7) is 6.28. The lowest BCUT2D eigenvalue weighted by molar-refractivity contribution is -0.112. The Labute approximate surface area is 154 Å². The summed E-state index contributed by atoms with van der Waals surface area (Å²) in [5, 5.41) is 5.64. The second-order valence-corrected chi connectivity index (χ2v) is 5.74. The van der Waals surface area contributed by atoms with Gasteiger partial charge in [0.05, 0.1) is 6.61 Å². The molecule has 0 saturated heterocycles. The molecule has 0 bridgehead atoms. The molecule has 0 atom stereocenters. The van der Waals surface area contributed by atoms with Crippen molar-refractivity contribution in [2.75, 3.05) is 17.2 Å². The van der Waals surface area contributed by atoms with Crippen LogP contribution in [0.25, 0.3) is 0 Å². The molecule has 5 nitrogen and oxygen atoms in total. The molecule has 2 amide bonds. The third-order valence-corrected chi connectivity index (χ3v) is 3.70. The fraction of sp³-hybridized carbons (Fsp3) is 0.238. The van der Waals surface area contributed by atoms with E-state index < -0.39 is 0 Å². The zero-order valence-corrected chi connectivity index (χ0v) is 15.3. The van der Waals surface area contributed by atoms with Gasteiger partial charge in [0.15, 0.2) is 0 Å². The molecule has 0 aliphatic rings. The van der Waals surface area contributed by atoms with Gasteiger partial charge in [-0.25, -0.2) is 0 Å². The van der Waals surface area contributed by atoms with Gasteiger partial charge in [-0.05, 0) is 68.8 Å². The van der Waals surface area contributed by atoms with E-state index in [1.165, 1.54) is 0 Å². The summed E-state index contributed by atoms with van der Waals surface area (Å²) in [6.07, 6.45) is 2.68. The summed E-state index contributed by atoms with van der Waals surface area (Å²) in [4.78, 5) is 24.3.